The molecule has 23 heavy (non-hydrogen) atoms. The quantitative estimate of drug-likeness (QED) is 0.311. The van der Waals surface area contributed by atoms with Gasteiger partial charge in [0.1, 0.15) is 25.4 Å². The molecule has 1 aromatic rings. The Hall–Kier alpha value is -2.52. The summed E-state index contributed by atoms with van der Waals surface area (Å²) in [6, 6.07) is 3.72. The van der Waals surface area contributed by atoms with Crippen LogP contribution < -0.4 is 0 Å². The Morgan fingerprint density at radius 2 is 1.70 bits per heavy atom. The van der Waals surface area contributed by atoms with Crippen molar-refractivity contribution in [2.24, 2.45) is 0 Å². The summed E-state index contributed by atoms with van der Waals surface area (Å²) in [5, 5.41) is 11.1. The van der Waals surface area contributed by atoms with E-state index in [1.165, 1.54) is 12.1 Å². The fourth-order valence-electron chi connectivity index (χ4n) is 1.89. The van der Waals surface area contributed by atoms with Crippen LogP contribution >= 0.6 is 0 Å². The van der Waals surface area contributed by atoms with E-state index in [9.17, 15) is 19.7 Å². The lowest BCUT2D eigenvalue weighted by atomic mass is 10.1. The molecule has 2 heterocycles. The summed E-state index contributed by atoms with van der Waals surface area (Å²) < 4.78 is 19.8. The van der Waals surface area contributed by atoms with Crippen LogP contribution in [0.2, 0.25) is 0 Å². The number of esters is 2. The van der Waals surface area contributed by atoms with Crippen LogP contribution in [0.1, 0.15) is 20.7 Å². The number of nitro benzene ring substituents is 1. The van der Waals surface area contributed by atoms with E-state index in [0.717, 1.165) is 6.07 Å². The largest absolute Gasteiger partial charge is 0.459 e. The van der Waals surface area contributed by atoms with Crippen molar-refractivity contribution < 1.29 is 33.5 Å². The number of nitro groups is 1. The zero-order valence-corrected chi connectivity index (χ0v) is 11.9. The van der Waals surface area contributed by atoms with E-state index in [1.54, 1.807) is 0 Å². The summed E-state index contributed by atoms with van der Waals surface area (Å²) >= 11 is 0. The van der Waals surface area contributed by atoms with E-state index in [1.807, 2.05) is 0 Å². The molecule has 0 spiro atoms. The van der Waals surface area contributed by atoms with Gasteiger partial charge in [0.15, 0.2) is 5.56 Å². The molecule has 2 aliphatic heterocycles. The molecule has 0 N–H and O–H groups in total. The third-order valence-corrected chi connectivity index (χ3v) is 3.27. The highest BCUT2D eigenvalue weighted by atomic mass is 16.6. The van der Waals surface area contributed by atoms with Gasteiger partial charge < -0.3 is 18.9 Å². The number of carbonyl (C=O) groups is 2. The van der Waals surface area contributed by atoms with Crippen molar-refractivity contribution in [3.63, 3.8) is 0 Å². The van der Waals surface area contributed by atoms with E-state index in [4.69, 9.17) is 18.9 Å². The van der Waals surface area contributed by atoms with Crippen LogP contribution in [0.4, 0.5) is 5.69 Å². The van der Waals surface area contributed by atoms with E-state index >= 15 is 0 Å². The monoisotopic (exact) mass is 323 g/mol. The van der Waals surface area contributed by atoms with Crippen molar-refractivity contribution in [1.82, 2.24) is 0 Å². The summed E-state index contributed by atoms with van der Waals surface area (Å²) in [7, 11) is 0. The first-order valence-corrected chi connectivity index (χ1v) is 6.91. The molecular weight excluding hydrogens is 310 g/mol. The van der Waals surface area contributed by atoms with Gasteiger partial charge in [-0.2, -0.15) is 0 Å². The lowest BCUT2D eigenvalue weighted by Crippen LogP contribution is -2.18. The molecule has 122 valence electrons. The number of carbonyl (C=O) groups excluding carboxylic acids is 2. The number of epoxide rings is 2. The molecule has 9 nitrogen and oxygen atoms in total. The van der Waals surface area contributed by atoms with E-state index in [0.29, 0.717) is 13.2 Å². The molecule has 0 radical (unpaired) electrons. The molecular formula is C14H13NO8. The highest BCUT2D eigenvalue weighted by Crippen LogP contribution is 2.25. The van der Waals surface area contributed by atoms with Gasteiger partial charge in [-0.1, -0.05) is 6.07 Å². The second-order valence-electron chi connectivity index (χ2n) is 5.06. The first-order chi connectivity index (χ1) is 11.1. The summed E-state index contributed by atoms with van der Waals surface area (Å²) in [5.74, 6) is -1.79. The second-order valence-corrected chi connectivity index (χ2v) is 5.06. The molecule has 2 atom stereocenters. The number of hydrogen-bond acceptors (Lipinski definition) is 8. The standard InChI is InChI=1S/C14H13NO8/c16-13(22-6-8-4-20-8)10-2-1-3-11(15(18)19)12(10)14(17)23-7-9-5-21-9/h1-3,8-9H,4-7H2. The number of ether oxygens (including phenoxy) is 4. The molecule has 0 saturated carbocycles. The van der Waals surface area contributed by atoms with Crippen LogP contribution in [0.25, 0.3) is 0 Å². The van der Waals surface area contributed by atoms with E-state index in [2.05, 4.69) is 0 Å². The molecule has 2 aliphatic rings. The molecule has 3 rings (SSSR count). The molecule has 2 fully saturated rings. The average molecular weight is 323 g/mol. The first-order valence-electron chi connectivity index (χ1n) is 6.91. The summed E-state index contributed by atoms with van der Waals surface area (Å²) in [6.07, 6.45) is -0.343. The number of benzene rings is 1. The van der Waals surface area contributed by atoms with Gasteiger partial charge in [0, 0.05) is 6.07 Å². The smallest absolute Gasteiger partial charge is 0.346 e. The number of nitrogens with zero attached hydrogens (tertiary/aromatic N) is 1. The van der Waals surface area contributed by atoms with Gasteiger partial charge in [0.05, 0.1) is 23.7 Å². The van der Waals surface area contributed by atoms with Crippen molar-refractivity contribution >= 4 is 17.6 Å². The van der Waals surface area contributed by atoms with Crippen LogP contribution in [0.15, 0.2) is 18.2 Å². The maximum absolute atomic E-state index is 12.2. The van der Waals surface area contributed by atoms with Gasteiger partial charge in [-0.25, -0.2) is 9.59 Å². The maximum atomic E-state index is 12.2. The Balaban J connectivity index is 1.83. The van der Waals surface area contributed by atoms with E-state index < -0.39 is 28.1 Å². The number of hydrogen-bond donors (Lipinski definition) is 0. The minimum absolute atomic E-state index is 0.0186. The summed E-state index contributed by atoms with van der Waals surface area (Å²) in [6.45, 7) is 0.986. The van der Waals surface area contributed by atoms with Crippen LogP contribution in [-0.4, -0.2) is 55.5 Å². The third kappa shape index (κ3) is 3.82. The second kappa shape index (κ2) is 6.31. The topological polar surface area (TPSA) is 121 Å². The molecule has 0 amide bonds. The lowest BCUT2D eigenvalue weighted by molar-refractivity contribution is -0.385. The summed E-state index contributed by atoms with van der Waals surface area (Å²) in [5.41, 5.74) is -1.13. The first kappa shape index (κ1) is 15.4. The predicted molar refractivity (Wildman–Crippen MR) is 73.1 cm³/mol. The Labute approximate surface area is 130 Å². The minimum Gasteiger partial charge on any atom is -0.459 e. The highest BCUT2D eigenvalue weighted by Gasteiger charge is 2.32. The predicted octanol–water partition coefficient (Wildman–Crippen LogP) is 0.706. The zero-order valence-electron chi connectivity index (χ0n) is 11.9. The Morgan fingerprint density at radius 1 is 1.13 bits per heavy atom. The van der Waals surface area contributed by atoms with Crippen LogP contribution in [0, 0.1) is 10.1 Å². The summed E-state index contributed by atoms with van der Waals surface area (Å²) in [4.78, 5) is 34.6. The van der Waals surface area contributed by atoms with Gasteiger partial charge in [-0.05, 0) is 6.07 Å². The maximum Gasteiger partial charge on any atom is 0.346 e. The van der Waals surface area contributed by atoms with Crippen molar-refractivity contribution in [2.75, 3.05) is 26.4 Å². The fraction of sp³-hybridized carbons (Fsp3) is 0.429. The average Bonchev–Trinajstić information content (AvgIpc) is 3.43. The van der Waals surface area contributed by atoms with Gasteiger partial charge in [0.2, 0.25) is 0 Å². The third-order valence-electron chi connectivity index (χ3n) is 3.27. The lowest BCUT2D eigenvalue weighted by Gasteiger charge is -2.09. The Kier molecular flexibility index (Phi) is 4.22. The number of rotatable bonds is 7. The molecule has 0 aliphatic carbocycles. The normalized spacial score (nSPS) is 21.4. The molecule has 9 heteroatoms. The van der Waals surface area contributed by atoms with Crippen molar-refractivity contribution in [3.05, 3.63) is 39.4 Å². The van der Waals surface area contributed by atoms with Gasteiger partial charge in [-0.15, -0.1) is 0 Å². The van der Waals surface area contributed by atoms with Gasteiger partial charge in [0.25, 0.3) is 5.69 Å². The molecule has 2 saturated heterocycles. The zero-order chi connectivity index (χ0) is 16.4. The Morgan fingerprint density at radius 3 is 2.22 bits per heavy atom. The van der Waals surface area contributed by atoms with Crippen molar-refractivity contribution in [3.8, 4) is 0 Å². The van der Waals surface area contributed by atoms with E-state index in [-0.39, 0.29) is 31.0 Å². The molecule has 0 bridgehead atoms. The van der Waals surface area contributed by atoms with Crippen LogP contribution in [0.3, 0.4) is 0 Å². The van der Waals surface area contributed by atoms with Gasteiger partial charge >= 0.3 is 11.9 Å². The molecule has 0 aromatic heterocycles. The van der Waals surface area contributed by atoms with Crippen LogP contribution in [-0.2, 0) is 18.9 Å². The molecule has 2 unspecified atom stereocenters. The Bertz CT molecular complexity index is 650. The SMILES string of the molecule is O=C(OCC1CO1)c1cccc([N+](=O)[O-])c1C(=O)OCC1CO1. The fourth-order valence-corrected chi connectivity index (χ4v) is 1.89. The molecule has 1 aromatic carbocycles. The van der Waals surface area contributed by atoms with Crippen LogP contribution in [0.5, 0.6) is 0 Å². The van der Waals surface area contributed by atoms with Crippen molar-refractivity contribution in [1.29, 1.82) is 0 Å². The van der Waals surface area contributed by atoms with Gasteiger partial charge in [-0.3, -0.25) is 10.1 Å². The minimum atomic E-state index is -0.956. The highest BCUT2D eigenvalue weighted by molar-refractivity contribution is 6.06. The van der Waals surface area contributed by atoms with Crippen molar-refractivity contribution in [2.45, 2.75) is 12.2 Å².